The van der Waals surface area contributed by atoms with Gasteiger partial charge in [0, 0.05) is 43.7 Å². The van der Waals surface area contributed by atoms with Gasteiger partial charge in [-0.25, -0.2) is 13.4 Å². The summed E-state index contributed by atoms with van der Waals surface area (Å²) >= 11 is 0. The highest BCUT2D eigenvalue weighted by Crippen LogP contribution is 2.39. The number of benzene rings is 2. The first-order chi connectivity index (χ1) is 17.2. The summed E-state index contributed by atoms with van der Waals surface area (Å²) in [6, 6.07) is 19.3. The normalized spacial score (nSPS) is 17.9. The van der Waals surface area contributed by atoms with Gasteiger partial charge in [-0.05, 0) is 38.5 Å². The van der Waals surface area contributed by atoms with Crippen LogP contribution in [0.1, 0.15) is 36.1 Å². The van der Waals surface area contributed by atoms with Crippen molar-refractivity contribution in [1.82, 2.24) is 9.29 Å². The number of hydrogen-bond acceptors (Lipinski definition) is 6. The van der Waals surface area contributed by atoms with Crippen molar-refractivity contribution >= 4 is 15.8 Å². The molecule has 0 spiro atoms. The number of fused-ring (bicyclic) bond motifs is 1. The second-order valence-electron chi connectivity index (χ2n) is 10.0. The molecule has 8 heteroatoms. The molecular formula is C28H30N4O3S. The van der Waals surface area contributed by atoms with Crippen LogP contribution in [0.2, 0.25) is 0 Å². The van der Waals surface area contributed by atoms with Crippen molar-refractivity contribution in [3.8, 4) is 17.3 Å². The highest BCUT2D eigenvalue weighted by Gasteiger charge is 2.35. The molecule has 36 heavy (non-hydrogen) atoms. The van der Waals surface area contributed by atoms with Crippen LogP contribution in [-0.4, -0.2) is 49.5 Å². The highest BCUT2D eigenvalue weighted by atomic mass is 32.2. The topological polar surface area (TPSA) is 86.5 Å². The molecule has 186 valence electrons. The third kappa shape index (κ3) is 4.50. The highest BCUT2D eigenvalue weighted by molar-refractivity contribution is 7.89. The number of nitriles is 1. The number of piperazine rings is 1. The molecule has 0 saturated carbocycles. The lowest BCUT2D eigenvalue weighted by molar-refractivity contribution is -0.0400. The van der Waals surface area contributed by atoms with E-state index in [9.17, 15) is 13.7 Å². The van der Waals surface area contributed by atoms with Gasteiger partial charge in [-0.1, -0.05) is 48.0 Å². The molecule has 2 aliphatic heterocycles. The largest absolute Gasteiger partial charge is 0.370 e. The Morgan fingerprint density at radius 2 is 1.64 bits per heavy atom. The SMILES string of the molecule is Cc1ccc(S(=O)(=O)N2CCN(c3nc(-c4ccccc4)c4c(c3C#N)CC(C)(C)OC4)CC2)cc1. The molecule has 0 amide bonds. The summed E-state index contributed by atoms with van der Waals surface area (Å²) in [4.78, 5) is 7.36. The van der Waals surface area contributed by atoms with E-state index < -0.39 is 10.0 Å². The molecule has 1 saturated heterocycles. The summed E-state index contributed by atoms with van der Waals surface area (Å²) in [6.45, 7) is 7.98. The maximum atomic E-state index is 13.2. The van der Waals surface area contributed by atoms with E-state index in [2.05, 4.69) is 11.0 Å². The molecule has 1 aromatic heterocycles. The summed E-state index contributed by atoms with van der Waals surface area (Å²) in [5, 5.41) is 10.2. The molecule has 0 unspecified atom stereocenters. The summed E-state index contributed by atoms with van der Waals surface area (Å²) in [6.07, 6.45) is 0.613. The average molecular weight is 503 g/mol. The molecule has 3 aromatic rings. The second-order valence-corrected chi connectivity index (χ2v) is 12.0. The number of nitrogens with zero attached hydrogens (tertiary/aromatic N) is 4. The number of hydrogen-bond donors (Lipinski definition) is 0. The number of aryl methyl sites for hydroxylation is 1. The number of anilines is 1. The number of ether oxygens (including phenoxy) is 1. The van der Waals surface area contributed by atoms with Gasteiger partial charge in [0.25, 0.3) is 0 Å². The van der Waals surface area contributed by atoms with Crippen molar-refractivity contribution in [2.45, 2.75) is 44.3 Å². The predicted octanol–water partition coefficient (Wildman–Crippen LogP) is 4.29. The van der Waals surface area contributed by atoms with Crippen LogP contribution in [-0.2, 0) is 27.8 Å². The molecule has 3 heterocycles. The van der Waals surface area contributed by atoms with Crippen molar-refractivity contribution in [1.29, 1.82) is 5.26 Å². The van der Waals surface area contributed by atoms with Crippen molar-refractivity contribution in [3.05, 3.63) is 76.9 Å². The van der Waals surface area contributed by atoms with E-state index in [1.165, 1.54) is 4.31 Å². The molecule has 2 aliphatic rings. The Bertz CT molecular complexity index is 1420. The van der Waals surface area contributed by atoms with Crippen molar-refractivity contribution in [2.24, 2.45) is 0 Å². The van der Waals surface area contributed by atoms with Gasteiger partial charge in [0.15, 0.2) is 0 Å². The fourth-order valence-electron chi connectivity index (χ4n) is 4.93. The number of sulfonamides is 1. The first kappa shape index (κ1) is 24.4. The lowest BCUT2D eigenvalue weighted by Gasteiger charge is -2.38. The standard InChI is InChI=1S/C28H30N4O3S/c1-20-9-11-22(12-10-20)36(33,34)32-15-13-31(14-16-32)27-24(18-29)23-17-28(2,3)35-19-25(23)26(30-27)21-7-5-4-6-8-21/h4-12H,13-17,19H2,1-3H3. The third-order valence-corrected chi connectivity index (χ3v) is 8.87. The smallest absolute Gasteiger partial charge is 0.243 e. The van der Waals surface area contributed by atoms with Gasteiger partial charge in [0.1, 0.15) is 11.9 Å². The minimum atomic E-state index is -3.58. The Morgan fingerprint density at radius 3 is 2.28 bits per heavy atom. The van der Waals surface area contributed by atoms with E-state index >= 15 is 0 Å². The maximum absolute atomic E-state index is 13.2. The lowest BCUT2D eigenvalue weighted by Crippen LogP contribution is -2.49. The Labute approximate surface area is 213 Å². The van der Waals surface area contributed by atoms with Crippen LogP contribution in [0.25, 0.3) is 11.3 Å². The van der Waals surface area contributed by atoms with E-state index in [1.807, 2.05) is 63.2 Å². The Balaban J connectivity index is 1.50. The molecule has 5 rings (SSSR count). The lowest BCUT2D eigenvalue weighted by atomic mass is 9.86. The first-order valence-corrected chi connectivity index (χ1v) is 13.6. The zero-order chi connectivity index (χ0) is 25.5. The van der Waals surface area contributed by atoms with E-state index in [0.29, 0.717) is 55.5 Å². The van der Waals surface area contributed by atoms with E-state index in [1.54, 1.807) is 12.1 Å². The van der Waals surface area contributed by atoms with Crippen LogP contribution in [0.15, 0.2) is 59.5 Å². The minimum absolute atomic E-state index is 0.305. The Morgan fingerprint density at radius 1 is 0.972 bits per heavy atom. The monoisotopic (exact) mass is 502 g/mol. The van der Waals surface area contributed by atoms with Crippen LogP contribution in [0, 0.1) is 18.3 Å². The average Bonchev–Trinajstić information content (AvgIpc) is 2.88. The molecule has 0 radical (unpaired) electrons. The number of aromatic nitrogens is 1. The van der Waals surface area contributed by atoms with Gasteiger partial charge in [0.2, 0.25) is 10.0 Å². The molecule has 1 fully saturated rings. The van der Waals surface area contributed by atoms with Crippen molar-refractivity contribution in [2.75, 3.05) is 31.1 Å². The summed E-state index contributed by atoms with van der Waals surface area (Å²) in [5.41, 5.74) is 4.94. The second kappa shape index (κ2) is 9.32. The van der Waals surface area contributed by atoms with Gasteiger partial charge in [-0.15, -0.1) is 0 Å². The minimum Gasteiger partial charge on any atom is -0.370 e. The van der Waals surface area contributed by atoms with Gasteiger partial charge in [-0.3, -0.25) is 0 Å². The quantitative estimate of drug-likeness (QED) is 0.529. The first-order valence-electron chi connectivity index (χ1n) is 12.2. The van der Waals surface area contributed by atoms with Crippen LogP contribution in [0.4, 0.5) is 5.82 Å². The van der Waals surface area contributed by atoms with Crippen LogP contribution in [0.5, 0.6) is 0 Å². The predicted molar refractivity (Wildman–Crippen MR) is 139 cm³/mol. The zero-order valence-corrected chi connectivity index (χ0v) is 21.7. The van der Waals surface area contributed by atoms with Crippen LogP contribution < -0.4 is 4.90 Å². The van der Waals surface area contributed by atoms with E-state index in [-0.39, 0.29) is 5.60 Å². The zero-order valence-electron chi connectivity index (χ0n) is 20.9. The molecule has 2 aromatic carbocycles. The molecule has 7 nitrogen and oxygen atoms in total. The van der Waals surface area contributed by atoms with Gasteiger partial charge in [-0.2, -0.15) is 9.57 Å². The summed E-state index contributed by atoms with van der Waals surface area (Å²) < 4.78 is 34.0. The maximum Gasteiger partial charge on any atom is 0.243 e. The van der Waals surface area contributed by atoms with E-state index in [4.69, 9.17) is 9.72 Å². The van der Waals surface area contributed by atoms with E-state index in [0.717, 1.165) is 27.9 Å². The summed E-state index contributed by atoms with van der Waals surface area (Å²) in [5.74, 6) is 0.625. The van der Waals surface area contributed by atoms with Crippen molar-refractivity contribution in [3.63, 3.8) is 0 Å². The molecule has 0 N–H and O–H groups in total. The Kier molecular flexibility index (Phi) is 6.33. The molecular weight excluding hydrogens is 472 g/mol. The van der Waals surface area contributed by atoms with Gasteiger partial charge < -0.3 is 9.64 Å². The fourth-order valence-corrected chi connectivity index (χ4v) is 6.36. The number of rotatable bonds is 4. The van der Waals surface area contributed by atoms with Gasteiger partial charge in [0.05, 0.1) is 28.4 Å². The van der Waals surface area contributed by atoms with Crippen molar-refractivity contribution < 1.29 is 13.2 Å². The molecule has 0 aliphatic carbocycles. The van der Waals surface area contributed by atoms with Crippen LogP contribution >= 0.6 is 0 Å². The van der Waals surface area contributed by atoms with Gasteiger partial charge >= 0.3 is 0 Å². The molecule has 0 atom stereocenters. The molecule has 0 bridgehead atoms. The Hall–Kier alpha value is -3.25. The van der Waals surface area contributed by atoms with Crippen LogP contribution in [0.3, 0.4) is 0 Å². The summed E-state index contributed by atoms with van der Waals surface area (Å²) in [7, 11) is -3.58. The fraction of sp³-hybridized carbons (Fsp3) is 0.357. The third-order valence-electron chi connectivity index (χ3n) is 6.96. The number of pyridine rings is 1.